The number of nitrogens with zero attached hydrogens (tertiary/aromatic N) is 1. The van der Waals surface area contributed by atoms with Gasteiger partial charge in [0.25, 0.3) is 0 Å². The van der Waals surface area contributed by atoms with Gasteiger partial charge in [-0.05, 0) is 56.6 Å². The molecule has 1 aromatic rings. The zero-order chi connectivity index (χ0) is 25.5. The first-order valence-electron chi connectivity index (χ1n) is 12.9. The van der Waals surface area contributed by atoms with Gasteiger partial charge in [-0.15, -0.1) is 0 Å². The highest BCUT2D eigenvalue weighted by atomic mass is 16.5. The van der Waals surface area contributed by atoms with Crippen LogP contribution in [-0.2, 0) is 19.1 Å². The molecule has 3 aliphatic heterocycles. The number of benzene rings is 1. The van der Waals surface area contributed by atoms with Crippen molar-refractivity contribution in [3.05, 3.63) is 29.3 Å². The summed E-state index contributed by atoms with van der Waals surface area (Å²) in [5.41, 5.74) is 1.51. The summed E-state index contributed by atoms with van der Waals surface area (Å²) >= 11 is 0. The summed E-state index contributed by atoms with van der Waals surface area (Å²) in [7, 11) is 0. The normalized spacial score (nSPS) is 30.0. The van der Waals surface area contributed by atoms with Crippen LogP contribution < -0.4 is 10.6 Å². The van der Waals surface area contributed by atoms with Crippen LogP contribution in [-0.4, -0.2) is 64.7 Å². The maximum absolute atomic E-state index is 14.0. The molecule has 2 unspecified atom stereocenters. The van der Waals surface area contributed by atoms with Gasteiger partial charge in [0.15, 0.2) is 0 Å². The molecule has 3 saturated heterocycles. The molecule has 1 aromatic carbocycles. The van der Waals surface area contributed by atoms with Crippen LogP contribution in [0.1, 0.15) is 57.6 Å². The third kappa shape index (κ3) is 4.25. The largest absolute Gasteiger partial charge is 0.394 e. The van der Waals surface area contributed by atoms with E-state index >= 15 is 0 Å². The number of aliphatic hydroxyl groups is 1. The van der Waals surface area contributed by atoms with E-state index in [0.717, 1.165) is 23.2 Å². The van der Waals surface area contributed by atoms with Gasteiger partial charge >= 0.3 is 0 Å². The number of anilines is 1. The molecule has 0 aromatic heterocycles. The summed E-state index contributed by atoms with van der Waals surface area (Å²) < 4.78 is 6.46. The van der Waals surface area contributed by atoms with Crippen LogP contribution in [0.15, 0.2) is 18.2 Å². The van der Waals surface area contributed by atoms with Gasteiger partial charge < -0.3 is 25.4 Å². The number of ether oxygens (including phenoxy) is 1. The molecule has 0 radical (unpaired) electrons. The molecule has 3 N–H and O–H groups in total. The van der Waals surface area contributed by atoms with E-state index in [2.05, 4.69) is 10.6 Å². The van der Waals surface area contributed by atoms with E-state index in [-0.39, 0.29) is 36.4 Å². The number of para-hydroxylation sites is 1. The summed E-state index contributed by atoms with van der Waals surface area (Å²) in [4.78, 5) is 42.7. The van der Waals surface area contributed by atoms with Crippen LogP contribution in [0, 0.1) is 31.6 Å². The fourth-order valence-electron chi connectivity index (χ4n) is 6.47. The molecule has 3 fully saturated rings. The maximum atomic E-state index is 14.0. The van der Waals surface area contributed by atoms with Gasteiger partial charge in [-0.2, -0.15) is 0 Å². The number of carbonyl (C=O) groups excluding carboxylic acids is 3. The Morgan fingerprint density at radius 1 is 1.23 bits per heavy atom. The lowest BCUT2D eigenvalue weighted by Crippen LogP contribution is -2.56. The SMILES string of the molecule is CCCNC(=O)[C@@H]1[C@H]2C(=O)N([C@@H](CO)CC(C)C)C(C(=O)Nc3c(C)cccc3C)C23CC[C@H]1O3. The van der Waals surface area contributed by atoms with Crippen molar-refractivity contribution in [1.82, 2.24) is 10.2 Å². The summed E-state index contributed by atoms with van der Waals surface area (Å²) in [6, 6.07) is 4.36. The monoisotopic (exact) mass is 485 g/mol. The lowest BCUT2D eigenvalue weighted by Gasteiger charge is -2.37. The number of hydrogen-bond donors (Lipinski definition) is 3. The minimum absolute atomic E-state index is 0.183. The second kappa shape index (κ2) is 9.90. The summed E-state index contributed by atoms with van der Waals surface area (Å²) in [6.45, 7) is 10.2. The molecule has 3 aliphatic rings. The highest BCUT2D eigenvalue weighted by molar-refractivity contribution is 6.04. The van der Waals surface area contributed by atoms with Gasteiger partial charge in [0.2, 0.25) is 17.7 Å². The lowest BCUT2D eigenvalue weighted by atomic mass is 9.70. The first-order chi connectivity index (χ1) is 16.7. The molecule has 3 amide bonds. The van der Waals surface area contributed by atoms with Crippen molar-refractivity contribution in [3.8, 4) is 0 Å². The standard InChI is InChI=1S/C27H39N3O5/c1-6-12-28-24(32)20-19-10-11-27(35-19)21(20)26(34)30(18(14-31)13-15(2)3)23(27)25(33)29-22-16(4)8-7-9-17(22)5/h7-9,15,18-21,23,31H,6,10-14H2,1-5H3,(H,28,32)(H,29,33)/t18-,19-,20+,21+,23?,27?/m1/s1. The number of nitrogens with one attached hydrogen (secondary N) is 2. The molecule has 1 spiro atoms. The predicted molar refractivity (Wildman–Crippen MR) is 133 cm³/mol. The van der Waals surface area contributed by atoms with Crippen LogP contribution >= 0.6 is 0 Å². The van der Waals surface area contributed by atoms with Gasteiger partial charge in [0.05, 0.1) is 30.6 Å². The quantitative estimate of drug-likeness (QED) is 0.498. The van der Waals surface area contributed by atoms with Gasteiger partial charge in [-0.25, -0.2) is 0 Å². The number of aliphatic hydroxyl groups excluding tert-OH is 1. The Kier molecular flexibility index (Phi) is 7.25. The molecule has 3 heterocycles. The molecule has 0 saturated carbocycles. The third-order valence-electron chi connectivity index (χ3n) is 7.92. The maximum Gasteiger partial charge on any atom is 0.250 e. The number of carbonyl (C=O) groups is 3. The third-order valence-corrected chi connectivity index (χ3v) is 7.92. The van der Waals surface area contributed by atoms with Crippen molar-refractivity contribution in [2.45, 2.75) is 84.1 Å². The Balaban J connectivity index is 1.75. The van der Waals surface area contributed by atoms with Gasteiger partial charge in [-0.1, -0.05) is 39.0 Å². The van der Waals surface area contributed by atoms with Gasteiger partial charge in [0, 0.05) is 12.2 Å². The van der Waals surface area contributed by atoms with Crippen LogP contribution in [0.5, 0.6) is 0 Å². The smallest absolute Gasteiger partial charge is 0.250 e. The van der Waals surface area contributed by atoms with Crippen molar-refractivity contribution < 1.29 is 24.2 Å². The molecule has 2 bridgehead atoms. The van der Waals surface area contributed by atoms with E-state index in [4.69, 9.17) is 4.74 Å². The van der Waals surface area contributed by atoms with E-state index < -0.39 is 29.5 Å². The van der Waals surface area contributed by atoms with E-state index in [1.54, 1.807) is 4.90 Å². The summed E-state index contributed by atoms with van der Waals surface area (Å²) in [5.74, 6) is -1.91. The van der Waals surface area contributed by atoms with Crippen molar-refractivity contribution in [2.24, 2.45) is 17.8 Å². The van der Waals surface area contributed by atoms with Crippen molar-refractivity contribution in [2.75, 3.05) is 18.5 Å². The van der Waals surface area contributed by atoms with Crippen LogP contribution in [0.4, 0.5) is 5.69 Å². The summed E-state index contributed by atoms with van der Waals surface area (Å²) in [6.07, 6.45) is 2.13. The average molecular weight is 486 g/mol. The number of hydrogen-bond acceptors (Lipinski definition) is 5. The molecule has 4 rings (SSSR count). The minimum atomic E-state index is -1.07. The zero-order valence-electron chi connectivity index (χ0n) is 21.5. The van der Waals surface area contributed by atoms with Gasteiger partial charge in [-0.3, -0.25) is 14.4 Å². The van der Waals surface area contributed by atoms with E-state index in [1.165, 1.54) is 0 Å². The minimum Gasteiger partial charge on any atom is -0.394 e. The molecule has 8 nitrogen and oxygen atoms in total. The Morgan fingerprint density at radius 3 is 2.51 bits per heavy atom. The number of likely N-dealkylation sites (tertiary alicyclic amines) is 1. The zero-order valence-corrected chi connectivity index (χ0v) is 21.5. The Morgan fingerprint density at radius 2 is 1.91 bits per heavy atom. The Labute approximate surface area is 207 Å². The van der Waals surface area contributed by atoms with E-state index in [1.807, 2.05) is 52.8 Å². The molecular formula is C27H39N3O5. The fraction of sp³-hybridized carbons (Fsp3) is 0.667. The second-order valence-electron chi connectivity index (χ2n) is 10.8. The Hall–Kier alpha value is -2.45. The molecule has 6 atom stereocenters. The molecule has 0 aliphatic carbocycles. The number of aryl methyl sites for hydroxylation is 2. The fourth-order valence-corrected chi connectivity index (χ4v) is 6.47. The van der Waals surface area contributed by atoms with E-state index in [0.29, 0.717) is 25.8 Å². The van der Waals surface area contributed by atoms with Crippen LogP contribution in [0.2, 0.25) is 0 Å². The first-order valence-corrected chi connectivity index (χ1v) is 12.9. The topological polar surface area (TPSA) is 108 Å². The second-order valence-corrected chi connectivity index (χ2v) is 10.8. The van der Waals surface area contributed by atoms with Gasteiger partial charge in [0.1, 0.15) is 11.6 Å². The molecular weight excluding hydrogens is 446 g/mol. The van der Waals surface area contributed by atoms with Crippen LogP contribution in [0.25, 0.3) is 0 Å². The Bertz CT molecular complexity index is 975. The highest BCUT2D eigenvalue weighted by Gasteiger charge is 2.75. The molecule has 8 heteroatoms. The number of rotatable bonds is 9. The molecule has 192 valence electrons. The predicted octanol–water partition coefficient (Wildman–Crippen LogP) is 2.55. The van der Waals surface area contributed by atoms with Crippen molar-refractivity contribution in [1.29, 1.82) is 0 Å². The van der Waals surface area contributed by atoms with Crippen molar-refractivity contribution >= 4 is 23.4 Å². The van der Waals surface area contributed by atoms with Crippen molar-refractivity contribution in [3.63, 3.8) is 0 Å². The van der Waals surface area contributed by atoms with Crippen LogP contribution in [0.3, 0.4) is 0 Å². The summed E-state index contributed by atoms with van der Waals surface area (Å²) in [5, 5.41) is 16.3. The van der Waals surface area contributed by atoms with E-state index in [9.17, 15) is 19.5 Å². The number of fused-ring (bicyclic) bond motifs is 1. The lowest BCUT2D eigenvalue weighted by molar-refractivity contribution is -0.144. The average Bonchev–Trinajstić information content (AvgIpc) is 3.45. The molecule has 35 heavy (non-hydrogen) atoms. The highest BCUT2D eigenvalue weighted by Crippen LogP contribution is 2.59. The number of amides is 3. The first kappa shape index (κ1) is 25.6.